The second-order valence-electron chi connectivity index (χ2n) is 0.996. The molecule has 0 bridgehead atoms. The van der Waals surface area contributed by atoms with E-state index in [9.17, 15) is 0 Å². The van der Waals surface area contributed by atoms with Crippen LogP contribution in [0.2, 0.25) is 0 Å². The third-order valence-corrected chi connectivity index (χ3v) is 0.504. The largest absolute Gasteiger partial charge is 0.388 e. The van der Waals surface area contributed by atoms with Gasteiger partial charge in [-0.05, 0) is 0 Å². The minimum Gasteiger partial charge on any atom is -0.388 e. The summed E-state index contributed by atoms with van der Waals surface area (Å²) in [6.07, 6.45) is 1.43. The van der Waals surface area contributed by atoms with E-state index in [-0.39, 0.29) is 0 Å². The Morgan fingerprint density at radius 1 is 2.00 bits per heavy atom. The smallest absolute Gasteiger partial charge is 0.359 e. The minimum atomic E-state index is 0.662. The van der Waals surface area contributed by atoms with E-state index in [1.165, 1.54) is 6.39 Å². The van der Waals surface area contributed by atoms with Crippen LogP contribution in [-0.2, 0) is 0 Å². The highest BCUT2D eigenvalue weighted by Gasteiger charge is 1.86. The molecule has 0 amide bonds. The monoisotopic (exact) mass is 85.0 g/mol. The second kappa shape index (κ2) is 1.08. The molecule has 32 valence electrons. The van der Waals surface area contributed by atoms with E-state index < -0.39 is 0 Å². The molecule has 0 unspecified atom stereocenters. The van der Waals surface area contributed by atoms with Crippen molar-refractivity contribution in [3.8, 4) is 0 Å². The van der Waals surface area contributed by atoms with Crippen LogP contribution in [-0.4, -0.2) is 5.10 Å². The molecule has 0 aliphatic rings. The molecule has 0 saturated carbocycles. The fourth-order valence-corrected chi connectivity index (χ4v) is 0.255. The summed E-state index contributed by atoms with van der Waals surface area (Å²) < 4.78 is 4.67. The van der Waals surface area contributed by atoms with Gasteiger partial charge in [-0.15, -0.1) is 0 Å². The Morgan fingerprint density at radius 2 is 2.83 bits per heavy atom. The van der Waals surface area contributed by atoms with Gasteiger partial charge < -0.3 is 4.42 Å². The topological polar surface area (TPSA) is 40.2 Å². The summed E-state index contributed by atoms with van der Waals surface area (Å²) in [5.41, 5.74) is 0. The van der Waals surface area contributed by atoms with Crippen molar-refractivity contribution in [3.63, 3.8) is 0 Å². The van der Waals surface area contributed by atoms with E-state index in [4.69, 9.17) is 0 Å². The van der Waals surface area contributed by atoms with Gasteiger partial charge in [0, 0.05) is 12.0 Å². The standard InChI is InChI=1S/C3H4N2O/c1-3-5-4-2-6-3/h2H,1H3/p+1. The molecule has 1 rings (SSSR count). The number of nitrogens with one attached hydrogen (secondary N) is 1. The van der Waals surface area contributed by atoms with Crippen molar-refractivity contribution in [3.05, 3.63) is 12.3 Å². The number of hydrogen-bond donors (Lipinski definition) is 0. The molecular formula is C3H5N2O+. The summed E-state index contributed by atoms with van der Waals surface area (Å²) in [4.78, 5) is 0. The Morgan fingerprint density at radius 3 is 3.00 bits per heavy atom. The first-order valence-electron chi connectivity index (χ1n) is 1.68. The van der Waals surface area contributed by atoms with Crippen LogP contribution in [0.4, 0.5) is 0 Å². The van der Waals surface area contributed by atoms with Crippen LogP contribution < -0.4 is 5.10 Å². The Labute approximate surface area is 35.0 Å². The molecule has 0 spiro atoms. The van der Waals surface area contributed by atoms with Crippen LogP contribution in [0.25, 0.3) is 0 Å². The summed E-state index contributed by atoms with van der Waals surface area (Å²) in [7, 11) is 0. The Hall–Kier alpha value is -0.860. The van der Waals surface area contributed by atoms with Crippen molar-refractivity contribution in [1.29, 1.82) is 0 Å². The van der Waals surface area contributed by atoms with Crippen molar-refractivity contribution in [1.82, 2.24) is 5.10 Å². The predicted octanol–water partition coefficient (Wildman–Crippen LogP) is -0.203. The summed E-state index contributed by atoms with van der Waals surface area (Å²) in [6, 6.07) is 0. The average molecular weight is 85.1 g/mol. The zero-order valence-electron chi connectivity index (χ0n) is 3.43. The van der Waals surface area contributed by atoms with Crippen molar-refractivity contribution in [2.75, 3.05) is 0 Å². The Balaban J connectivity index is 3.05. The van der Waals surface area contributed by atoms with Gasteiger partial charge in [-0.3, -0.25) is 0 Å². The van der Waals surface area contributed by atoms with Crippen molar-refractivity contribution >= 4 is 0 Å². The SMILES string of the molecule is Cc1n[nH+]co1. The zero-order valence-corrected chi connectivity index (χ0v) is 3.43. The first kappa shape index (κ1) is 3.33. The Bertz CT molecular complexity index is 112. The lowest BCUT2D eigenvalue weighted by Gasteiger charge is -1.58. The van der Waals surface area contributed by atoms with Gasteiger partial charge in [-0.1, -0.05) is 5.10 Å². The highest BCUT2D eigenvalue weighted by atomic mass is 16.4. The van der Waals surface area contributed by atoms with Gasteiger partial charge in [-0.2, -0.15) is 0 Å². The van der Waals surface area contributed by atoms with Crippen LogP contribution in [0.3, 0.4) is 0 Å². The van der Waals surface area contributed by atoms with Crippen LogP contribution in [0.1, 0.15) is 5.89 Å². The summed E-state index contributed by atoms with van der Waals surface area (Å²) >= 11 is 0. The number of H-pyrrole nitrogens is 1. The molecule has 1 aromatic heterocycles. The van der Waals surface area contributed by atoms with Crippen molar-refractivity contribution < 1.29 is 9.52 Å². The van der Waals surface area contributed by atoms with E-state index in [0.717, 1.165) is 0 Å². The van der Waals surface area contributed by atoms with Gasteiger partial charge in [0.25, 0.3) is 5.89 Å². The number of aromatic amines is 1. The van der Waals surface area contributed by atoms with Crippen LogP contribution in [0, 0.1) is 6.92 Å². The fourth-order valence-electron chi connectivity index (χ4n) is 0.255. The maximum absolute atomic E-state index is 4.67. The number of rotatable bonds is 0. The van der Waals surface area contributed by atoms with E-state index >= 15 is 0 Å². The maximum Gasteiger partial charge on any atom is 0.359 e. The highest BCUT2D eigenvalue weighted by Crippen LogP contribution is 1.78. The molecule has 0 atom stereocenters. The first-order valence-corrected chi connectivity index (χ1v) is 1.68. The van der Waals surface area contributed by atoms with E-state index in [1.54, 1.807) is 6.92 Å². The minimum absolute atomic E-state index is 0.662. The van der Waals surface area contributed by atoms with Gasteiger partial charge in [0.05, 0.1) is 0 Å². The van der Waals surface area contributed by atoms with Crippen LogP contribution >= 0.6 is 0 Å². The predicted molar refractivity (Wildman–Crippen MR) is 17.8 cm³/mol. The molecule has 3 nitrogen and oxygen atoms in total. The third-order valence-electron chi connectivity index (χ3n) is 0.504. The van der Waals surface area contributed by atoms with Gasteiger partial charge in [0.2, 0.25) is 0 Å². The quantitative estimate of drug-likeness (QED) is 0.437. The second-order valence-corrected chi connectivity index (χ2v) is 0.996. The normalized spacial score (nSPS) is 8.83. The number of hydrogen-bond acceptors (Lipinski definition) is 2. The molecule has 0 aliphatic carbocycles. The van der Waals surface area contributed by atoms with Crippen LogP contribution in [0.15, 0.2) is 10.8 Å². The lowest BCUT2D eigenvalue weighted by molar-refractivity contribution is -0.456. The van der Waals surface area contributed by atoms with Crippen molar-refractivity contribution in [2.45, 2.75) is 6.92 Å². The lowest BCUT2D eigenvalue weighted by Crippen LogP contribution is -1.97. The van der Waals surface area contributed by atoms with E-state index in [0.29, 0.717) is 5.89 Å². The van der Waals surface area contributed by atoms with Gasteiger partial charge in [0.15, 0.2) is 0 Å². The number of aryl methyl sites for hydroxylation is 1. The molecule has 6 heavy (non-hydrogen) atoms. The van der Waals surface area contributed by atoms with Crippen LogP contribution in [0.5, 0.6) is 0 Å². The molecule has 0 aliphatic heterocycles. The molecule has 1 heterocycles. The molecule has 1 aromatic rings. The summed E-state index contributed by atoms with van der Waals surface area (Å²) in [5, 5.41) is 6.14. The van der Waals surface area contributed by atoms with Crippen molar-refractivity contribution in [2.24, 2.45) is 0 Å². The van der Waals surface area contributed by atoms with Gasteiger partial charge in [0.1, 0.15) is 0 Å². The first-order chi connectivity index (χ1) is 2.89. The fraction of sp³-hybridized carbons (Fsp3) is 0.333. The number of aromatic nitrogens is 2. The lowest BCUT2D eigenvalue weighted by atomic mass is 10.8. The Kier molecular flexibility index (Phi) is 0.602. The molecule has 0 fully saturated rings. The maximum atomic E-state index is 4.67. The van der Waals surface area contributed by atoms with Gasteiger partial charge in [-0.25, -0.2) is 0 Å². The molecule has 0 aromatic carbocycles. The number of nitrogens with zero attached hydrogens (tertiary/aromatic N) is 1. The zero-order chi connectivity index (χ0) is 4.41. The molecule has 0 radical (unpaired) electrons. The highest BCUT2D eigenvalue weighted by molar-refractivity contribution is 4.55. The molecule has 3 heteroatoms. The molecular weight excluding hydrogens is 80.0 g/mol. The summed E-state index contributed by atoms with van der Waals surface area (Å²) in [6.45, 7) is 1.77. The summed E-state index contributed by atoms with van der Waals surface area (Å²) in [5.74, 6) is 0.662. The molecule has 0 saturated heterocycles. The molecule has 1 N–H and O–H groups in total. The third kappa shape index (κ3) is 0.381. The average Bonchev–Trinajstić information content (AvgIpc) is 1.86. The van der Waals surface area contributed by atoms with E-state index in [1.807, 2.05) is 0 Å². The van der Waals surface area contributed by atoms with E-state index in [2.05, 4.69) is 14.6 Å². The van der Waals surface area contributed by atoms with Gasteiger partial charge >= 0.3 is 6.39 Å².